The number of nitrogens with one attached hydrogen (secondary N) is 1. The molecule has 0 radical (unpaired) electrons. The van der Waals surface area contributed by atoms with Crippen LogP contribution in [0.2, 0.25) is 5.02 Å². The van der Waals surface area contributed by atoms with Crippen molar-refractivity contribution in [3.05, 3.63) is 77.3 Å². The van der Waals surface area contributed by atoms with Gasteiger partial charge in [-0.05, 0) is 18.2 Å². The molecule has 1 heterocycles. The number of aromatic nitrogens is 2. The predicted molar refractivity (Wildman–Crippen MR) is 86.8 cm³/mol. The lowest BCUT2D eigenvalue weighted by molar-refractivity contribution is 0.102. The van der Waals surface area contributed by atoms with Gasteiger partial charge in [0.15, 0.2) is 5.82 Å². The highest BCUT2D eigenvalue weighted by molar-refractivity contribution is 6.33. The number of benzene rings is 2. The average molecular weight is 328 g/mol. The van der Waals surface area contributed by atoms with Crippen molar-refractivity contribution < 1.29 is 9.18 Å². The van der Waals surface area contributed by atoms with Gasteiger partial charge < -0.3 is 5.32 Å². The fourth-order valence-electron chi connectivity index (χ4n) is 1.97. The van der Waals surface area contributed by atoms with Crippen LogP contribution in [0.15, 0.2) is 60.9 Å². The highest BCUT2D eigenvalue weighted by Crippen LogP contribution is 2.23. The van der Waals surface area contributed by atoms with Gasteiger partial charge in [0.1, 0.15) is 5.82 Å². The summed E-state index contributed by atoms with van der Waals surface area (Å²) in [5.41, 5.74) is 1.47. The van der Waals surface area contributed by atoms with Crippen LogP contribution < -0.4 is 5.32 Å². The molecule has 3 rings (SSSR count). The highest BCUT2D eigenvalue weighted by Gasteiger charge is 2.11. The summed E-state index contributed by atoms with van der Waals surface area (Å²) in [6.45, 7) is 0. The summed E-state index contributed by atoms with van der Waals surface area (Å²) in [4.78, 5) is 20.5. The summed E-state index contributed by atoms with van der Waals surface area (Å²) in [5, 5.41) is 2.72. The maximum atomic E-state index is 13.0. The number of hydrogen-bond donors (Lipinski definition) is 1. The number of anilines is 1. The summed E-state index contributed by atoms with van der Waals surface area (Å²) in [6, 6.07) is 13.2. The van der Waals surface area contributed by atoms with Gasteiger partial charge in [-0.25, -0.2) is 14.4 Å². The molecule has 1 N–H and O–H groups in total. The van der Waals surface area contributed by atoms with Crippen molar-refractivity contribution in [3.8, 4) is 11.4 Å². The van der Waals surface area contributed by atoms with Crippen LogP contribution in [-0.2, 0) is 0 Å². The minimum Gasteiger partial charge on any atom is -0.321 e. The Morgan fingerprint density at radius 3 is 2.39 bits per heavy atom. The molecule has 1 aromatic heterocycles. The number of nitrogens with zero attached hydrogens (tertiary/aromatic N) is 2. The van der Waals surface area contributed by atoms with E-state index in [4.69, 9.17) is 11.6 Å². The van der Waals surface area contributed by atoms with Crippen LogP contribution in [0.3, 0.4) is 0 Å². The van der Waals surface area contributed by atoms with Crippen molar-refractivity contribution in [1.82, 2.24) is 9.97 Å². The Labute approximate surface area is 137 Å². The molecule has 1 amide bonds. The zero-order valence-corrected chi connectivity index (χ0v) is 12.6. The van der Waals surface area contributed by atoms with E-state index in [1.165, 1.54) is 24.5 Å². The quantitative estimate of drug-likeness (QED) is 0.784. The third-order valence-electron chi connectivity index (χ3n) is 3.13. The Morgan fingerprint density at radius 1 is 1.04 bits per heavy atom. The third kappa shape index (κ3) is 3.52. The van der Waals surface area contributed by atoms with Crippen LogP contribution in [0.5, 0.6) is 0 Å². The topological polar surface area (TPSA) is 54.9 Å². The van der Waals surface area contributed by atoms with Crippen LogP contribution in [0.4, 0.5) is 10.1 Å². The maximum absolute atomic E-state index is 13.0. The fourth-order valence-corrected chi connectivity index (χ4v) is 2.18. The minimum absolute atomic E-state index is 0.125. The van der Waals surface area contributed by atoms with E-state index >= 15 is 0 Å². The second-order valence-electron chi connectivity index (χ2n) is 4.74. The van der Waals surface area contributed by atoms with E-state index < -0.39 is 11.7 Å². The van der Waals surface area contributed by atoms with Crippen molar-refractivity contribution in [2.24, 2.45) is 0 Å². The molecule has 0 bridgehead atoms. The molecule has 114 valence electrons. The molecular weight excluding hydrogens is 317 g/mol. The van der Waals surface area contributed by atoms with Crippen LogP contribution in [0, 0.1) is 5.82 Å². The van der Waals surface area contributed by atoms with Gasteiger partial charge in [-0.3, -0.25) is 4.79 Å². The number of rotatable bonds is 3. The van der Waals surface area contributed by atoms with Gasteiger partial charge in [-0.15, -0.1) is 0 Å². The van der Waals surface area contributed by atoms with E-state index in [1.807, 2.05) is 30.3 Å². The summed E-state index contributed by atoms with van der Waals surface area (Å²) >= 11 is 5.88. The molecule has 2 aromatic carbocycles. The molecule has 0 aliphatic rings. The number of amides is 1. The van der Waals surface area contributed by atoms with Crippen molar-refractivity contribution in [3.63, 3.8) is 0 Å². The zero-order valence-electron chi connectivity index (χ0n) is 11.8. The second-order valence-corrected chi connectivity index (χ2v) is 5.15. The summed E-state index contributed by atoms with van der Waals surface area (Å²) in [7, 11) is 0. The van der Waals surface area contributed by atoms with Crippen molar-refractivity contribution in [1.29, 1.82) is 0 Å². The first-order chi connectivity index (χ1) is 11.1. The normalized spacial score (nSPS) is 10.3. The van der Waals surface area contributed by atoms with Gasteiger partial charge in [0.2, 0.25) is 0 Å². The van der Waals surface area contributed by atoms with E-state index in [2.05, 4.69) is 15.3 Å². The summed E-state index contributed by atoms with van der Waals surface area (Å²) < 4.78 is 13.0. The van der Waals surface area contributed by atoms with Crippen molar-refractivity contribution in [2.45, 2.75) is 0 Å². The van der Waals surface area contributed by atoms with Gasteiger partial charge >= 0.3 is 0 Å². The number of carbonyl (C=O) groups excluding carboxylic acids is 1. The van der Waals surface area contributed by atoms with E-state index in [0.29, 0.717) is 11.5 Å². The van der Waals surface area contributed by atoms with Gasteiger partial charge in [0.25, 0.3) is 5.91 Å². The molecule has 0 unspecified atom stereocenters. The highest BCUT2D eigenvalue weighted by atomic mass is 35.5. The molecule has 0 spiro atoms. The maximum Gasteiger partial charge on any atom is 0.258 e. The number of halogens is 2. The van der Waals surface area contributed by atoms with Crippen LogP contribution in [0.25, 0.3) is 11.4 Å². The molecule has 0 fully saturated rings. The largest absolute Gasteiger partial charge is 0.321 e. The second kappa shape index (κ2) is 6.54. The molecular formula is C17H11ClFN3O. The zero-order chi connectivity index (χ0) is 16.2. The lowest BCUT2D eigenvalue weighted by Gasteiger charge is -2.07. The molecule has 0 saturated heterocycles. The number of hydrogen-bond acceptors (Lipinski definition) is 3. The molecule has 4 nitrogen and oxygen atoms in total. The lowest BCUT2D eigenvalue weighted by Crippen LogP contribution is -2.13. The monoisotopic (exact) mass is 327 g/mol. The van der Waals surface area contributed by atoms with Gasteiger partial charge in [-0.1, -0.05) is 41.9 Å². The lowest BCUT2D eigenvalue weighted by atomic mass is 10.2. The van der Waals surface area contributed by atoms with E-state index in [9.17, 15) is 9.18 Å². The molecule has 0 atom stereocenters. The molecule has 0 aliphatic carbocycles. The minimum atomic E-state index is -0.469. The van der Waals surface area contributed by atoms with E-state index in [1.54, 1.807) is 0 Å². The molecule has 0 aliphatic heterocycles. The molecule has 6 heteroatoms. The van der Waals surface area contributed by atoms with Gasteiger partial charge in [0.05, 0.1) is 16.3 Å². The van der Waals surface area contributed by atoms with Gasteiger partial charge in [0, 0.05) is 18.0 Å². The van der Waals surface area contributed by atoms with Gasteiger partial charge in [-0.2, -0.15) is 0 Å². The van der Waals surface area contributed by atoms with Crippen molar-refractivity contribution >= 4 is 23.2 Å². The smallest absolute Gasteiger partial charge is 0.258 e. The Bertz CT molecular complexity index is 838. The Hall–Kier alpha value is -2.79. The average Bonchev–Trinajstić information content (AvgIpc) is 2.58. The summed E-state index contributed by atoms with van der Waals surface area (Å²) in [6.07, 6.45) is 2.87. The molecule has 3 aromatic rings. The standard InChI is InChI=1S/C17H11ClFN3O/c18-14-8-13(19)6-7-15(14)22-17(23)12-9-20-16(21-10-12)11-4-2-1-3-5-11/h1-10H,(H,22,23). The van der Waals surface area contributed by atoms with E-state index in [0.717, 1.165) is 11.6 Å². The predicted octanol–water partition coefficient (Wildman–Crippen LogP) is 4.19. The third-order valence-corrected chi connectivity index (χ3v) is 3.44. The van der Waals surface area contributed by atoms with Crippen LogP contribution in [-0.4, -0.2) is 15.9 Å². The summed E-state index contributed by atoms with van der Waals surface area (Å²) in [5.74, 6) is -0.358. The molecule has 0 saturated carbocycles. The number of carbonyl (C=O) groups is 1. The van der Waals surface area contributed by atoms with Crippen LogP contribution >= 0.6 is 11.6 Å². The molecule has 23 heavy (non-hydrogen) atoms. The SMILES string of the molecule is O=C(Nc1ccc(F)cc1Cl)c1cnc(-c2ccccc2)nc1. The Morgan fingerprint density at radius 2 is 1.74 bits per heavy atom. The first-order valence-electron chi connectivity index (χ1n) is 6.77. The Kier molecular flexibility index (Phi) is 4.30. The van der Waals surface area contributed by atoms with Crippen molar-refractivity contribution in [2.75, 3.05) is 5.32 Å². The first-order valence-corrected chi connectivity index (χ1v) is 7.15. The first kappa shape index (κ1) is 15.1. The fraction of sp³-hybridized carbons (Fsp3) is 0. The Balaban J connectivity index is 1.78. The van der Waals surface area contributed by atoms with E-state index in [-0.39, 0.29) is 10.6 Å². The van der Waals surface area contributed by atoms with Crippen LogP contribution in [0.1, 0.15) is 10.4 Å².